The van der Waals surface area contributed by atoms with Crippen molar-refractivity contribution in [2.24, 2.45) is 0 Å². The van der Waals surface area contributed by atoms with Gasteiger partial charge in [-0.25, -0.2) is 15.0 Å². The molecule has 1 aliphatic rings. The Labute approximate surface area is 165 Å². The molecular weight excluding hydrogens is 379 g/mol. The second-order valence-electron chi connectivity index (χ2n) is 8.01. The fourth-order valence-corrected chi connectivity index (χ4v) is 4.30. The molecule has 28 heavy (non-hydrogen) atoms. The minimum Gasteiger partial charge on any atom is -0.388 e. The third-order valence-electron chi connectivity index (χ3n) is 4.94. The van der Waals surface area contributed by atoms with Crippen molar-refractivity contribution in [3.05, 3.63) is 6.33 Å². The van der Waals surface area contributed by atoms with Gasteiger partial charge in [0.25, 0.3) is 0 Å². The molecule has 0 bridgehead atoms. The van der Waals surface area contributed by atoms with Gasteiger partial charge in [-0.2, -0.15) is 0 Å². The van der Waals surface area contributed by atoms with Crippen LogP contribution in [0.25, 0.3) is 11.2 Å². The standard InChI is InChI=1S/C18H31N6O3P/c1-5-6-8-20-15-12-16(22-10-21-15)24(18(19)23-12)17-14(26)13(25)11(27-17)7-9-28(2,3)4/h10-11,13-14,17,25-26H,2,5-9H2,1,3-4H3,(H2,19,23)(H,20,21,22)/t11-,13-,14-,17-/m1/s1. The zero-order valence-electron chi connectivity index (χ0n) is 16.7. The minimum atomic E-state index is -1.26. The van der Waals surface area contributed by atoms with Crippen LogP contribution in [0.5, 0.6) is 0 Å². The summed E-state index contributed by atoms with van der Waals surface area (Å²) in [6.45, 7) is 5.89. The molecule has 3 heterocycles. The summed E-state index contributed by atoms with van der Waals surface area (Å²) in [5.74, 6) is 0.757. The van der Waals surface area contributed by atoms with Crippen molar-refractivity contribution >= 4 is 36.1 Å². The van der Waals surface area contributed by atoms with Crippen LogP contribution in [0.1, 0.15) is 32.4 Å². The Morgan fingerprint density at radius 2 is 2.07 bits per heavy atom. The number of ether oxygens (including phenoxy) is 1. The van der Waals surface area contributed by atoms with Crippen LogP contribution < -0.4 is 11.1 Å². The molecule has 1 aliphatic heterocycles. The average molecular weight is 410 g/mol. The van der Waals surface area contributed by atoms with Crippen molar-refractivity contribution in [3.8, 4) is 0 Å². The van der Waals surface area contributed by atoms with Gasteiger partial charge < -0.3 is 26.0 Å². The maximum atomic E-state index is 10.6. The third kappa shape index (κ3) is 4.33. The summed E-state index contributed by atoms with van der Waals surface area (Å²) in [7, 11) is 0. The number of unbranched alkanes of at least 4 members (excludes halogenated alkanes) is 1. The highest BCUT2D eigenvalue weighted by atomic mass is 31.2. The number of aromatic nitrogens is 4. The zero-order chi connectivity index (χ0) is 20.5. The van der Waals surface area contributed by atoms with Crippen LogP contribution in [0.2, 0.25) is 0 Å². The highest BCUT2D eigenvalue weighted by Gasteiger charge is 2.44. The van der Waals surface area contributed by atoms with Crippen LogP contribution in [-0.4, -0.2) is 80.4 Å². The van der Waals surface area contributed by atoms with Crippen molar-refractivity contribution < 1.29 is 14.9 Å². The first-order valence-electron chi connectivity index (χ1n) is 9.64. The monoisotopic (exact) mass is 410 g/mol. The van der Waals surface area contributed by atoms with Crippen LogP contribution in [0.15, 0.2) is 6.33 Å². The van der Waals surface area contributed by atoms with E-state index in [1.807, 2.05) is 0 Å². The van der Waals surface area contributed by atoms with Gasteiger partial charge >= 0.3 is 0 Å². The Hall–Kier alpha value is -1.67. The predicted octanol–water partition coefficient (Wildman–Crippen LogP) is 1.34. The minimum absolute atomic E-state index is 0.163. The van der Waals surface area contributed by atoms with Crippen molar-refractivity contribution in [1.29, 1.82) is 0 Å². The van der Waals surface area contributed by atoms with Gasteiger partial charge in [-0.05, 0) is 32.3 Å². The predicted molar refractivity (Wildman–Crippen MR) is 114 cm³/mol. The second kappa shape index (κ2) is 8.37. The lowest BCUT2D eigenvalue weighted by molar-refractivity contribution is -0.0340. The lowest BCUT2D eigenvalue weighted by atomic mass is 10.1. The molecule has 0 aromatic carbocycles. The first-order chi connectivity index (χ1) is 13.2. The van der Waals surface area contributed by atoms with Crippen LogP contribution >= 0.6 is 6.89 Å². The van der Waals surface area contributed by atoms with Crippen LogP contribution in [-0.2, 0) is 4.74 Å². The molecule has 0 radical (unpaired) electrons. The number of hydrogen-bond acceptors (Lipinski definition) is 8. The van der Waals surface area contributed by atoms with Crippen molar-refractivity contribution in [2.75, 3.05) is 37.1 Å². The molecule has 2 aromatic rings. The number of imidazole rings is 1. The van der Waals surface area contributed by atoms with Crippen LogP contribution in [0, 0.1) is 0 Å². The third-order valence-corrected chi connectivity index (χ3v) is 6.41. The fourth-order valence-electron chi connectivity index (χ4n) is 3.35. The van der Waals surface area contributed by atoms with Crippen molar-refractivity contribution in [2.45, 2.75) is 50.7 Å². The van der Waals surface area contributed by atoms with E-state index in [0.717, 1.165) is 25.5 Å². The quantitative estimate of drug-likeness (QED) is 0.379. The summed E-state index contributed by atoms with van der Waals surface area (Å²) < 4.78 is 7.55. The molecule has 0 spiro atoms. The largest absolute Gasteiger partial charge is 0.388 e. The summed E-state index contributed by atoms with van der Waals surface area (Å²) >= 11 is 0. The molecule has 4 atom stereocenters. The molecule has 1 saturated heterocycles. The Morgan fingerprint density at radius 1 is 1.32 bits per heavy atom. The van der Waals surface area contributed by atoms with Gasteiger partial charge in [0.1, 0.15) is 18.5 Å². The van der Waals surface area contributed by atoms with E-state index < -0.39 is 31.4 Å². The maximum Gasteiger partial charge on any atom is 0.204 e. The second-order valence-corrected chi connectivity index (χ2v) is 12.3. The van der Waals surface area contributed by atoms with E-state index in [0.29, 0.717) is 23.4 Å². The lowest BCUT2D eigenvalue weighted by Gasteiger charge is -2.19. The number of rotatable bonds is 8. The number of nitrogen functional groups attached to an aromatic ring is 1. The number of hydrogen-bond donors (Lipinski definition) is 4. The molecule has 0 unspecified atom stereocenters. The number of nitrogens with one attached hydrogen (secondary N) is 1. The van der Waals surface area contributed by atoms with E-state index in [2.05, 4.69) is 46.8 Å². The molecule has 0 saturated carbocycles. The molecule has 156 valence electrons. The molecule has 5 N–H and O–H groups in total. The van der Waals surface area contributed by atoms with E-state index in [4.69, 9.17) is 10.5 Å². The van der Waals surface area contributed by atoms with Gasteiger partial charge in [-0.15, -0.1) is 13.2 Å². The Kier molecular flexibility index (Phi) is 6.29. The van der Waals surface area contributed by atoms with Gasteiger partial charge in [0.05, 0.1) is 6.10 Å². The normalized spacial score (nSPS) is 25.5. The topological polar surface area (TPSA) is 131 Å². The molecule has 3 rings (SSSR count). The number of aliphatic hydroxyl groups excluding tert-OH is 2. The van der Waals surface area contributed by atoms with Crippen LogP contribution in [0.3, 0.4) is 0 Å². The number of anilines is 2. The number of aliphatic hydroxyl groups is 2. The first-order valence-corrected chi connectivity index (χ1v) is 12.7. The maximum absolute atomic E-state index is 10.6. The highest BCUT2D eigenvalue weighted by molar-refractivity contribution is 7.72. The molecular formula is C18H31N6O3P. The summed E-state index contributed by atoms with van der Waals surface area (Å²) in [4.78, 5) is 12.9. The molecule has 0 aliphatic carbocycles. The molecule has 0 amide bonds. The fraction of sp³-hybridized carbons (Fsp3) is 0.667. The number of nitrogens with zero attached hydrogens (tertiary/aromatic N) is 4. The average Bonchev–Trinajstić information content (AvgIpc) is 3.10. The van der Waals surface area contributed by atoms with Gasteiger partial charge in [0, 0.05) is 6.54 Å². The summed E-state index contributed by atoms with van der Waals surface area (Å²) in [6, 6.07) is 0. The van der Waals surface area contributed by atoms with Gasteiger partial charge in [0.2, 0.25) is 5.95 Å². The van der Waals surface area contributed by atoms with E-state index in [-0.39, 0.29) is 5.95 Å². The first kappa shape index (κ1) is 21.0. The van der Waals surface area contributed by atoms with Gasteiger partial charge in [-0.3, -0.25) is 4.57 Å². The van der Waals surface area contributed by atoms with E-state index >= 15 is 0 Å². The number of nitrogens with two attached hydrogens (primary N) is 1. The molecule has 2 aromatic heterocycles. The number of fused-ring (bicyclic) bond motifs is 1. The SMILES string of the molecule is C=P(C)(C)CC[C@H]1O[C@@H](n2c(N)nc3c(NCCCC)ncnc32)[C@H](O)[C@@H]1O. The Bertz CT molecular complexity index is 866. The summed E-state index contributed by atoms with van der Waals surface area (Å²) in [5, 5.41) is 24.3. The van der Waals surface area contributed by atoms with E-state index in [9.17, 15) is 10.2 Å². The van der Waals surface area contributed by atoms with Crippen molar-refractivity contribution in [1.82, 2.24) is 19.5 Å². The molecule has 9 nitrogen and oxygen atoms in total. The van der Waals surface area contributed by atoms with E-state index in [1.165, 1.54) is 6.33 Å². The smallest absolute Gasteiger partial charge is 0.204 e. The van der Waals surface area contributed by atoms with Crippen molar-refractivity contribution in [3.63, 3.8) is 0 Å². The van der Waals surface area contributed by atoms with Gasteiger partial charge in [-0.1, -0.05) is 13.3 Å². The Morgan fingerprint density at radius 3 is 2.75 bits per heavy atom. The van der Waals surface area contributed by atoms with Gasteiger partial charge in [0.15, 0.2) is 23.2 Å². The molecule has 1 fully saturated rings. The van der Waals surface area contributed by atoms with Crippen LogP contribution in [0.4, 0.5) is 11.8 Å². The Balaban J connectivity index is 1.87. The summed E-state index contributed by atoms with van der Waals surface area (Å²) in [6.07, 6.45) is 5.72. The zero-order valence-corrected chi connectivity index (χ0v) is 17.6. The molecule has 10 heteroatoms. The highest BCUT2D eigenvalue weighted by Crippen LogP contribution is 2.40. The lowest BCUT2D eigenvalue weighted by Crippen LogP contribution is -2.32. The van der Waals surface area contributed by atoms with E-state index in [1.54, 1.807) is 4.57 Å². The summed E-state index contributed by atoms with van der Waals surface area (Å²) in [5.41, 5.74) is 7.12.